The lowest BCUT2D eigenvalue weighted by molar-refractivity contribution is -0.141. The van der Waals surface area contributed by atoms with E-state index in [1.807, 2.05) is 0 Å². The number of amides is 1. The van der Waals surface area contributed by atoms with Gasteiger partial charge in [-0.1, -0.05) is 18.2 Å². The van der Waals surface area contributed by atoms with E-state index in [9.17, 15) is 4.79 Å². The summed E-state index contributed by atoms with van der Waals surface area (Å²) in [5.74, 6) is 0.960. The minimum absolute atomic E-state index is 0. The lowest BCUT2D eigenvalue weighted by Crippen LogP contribution is -2.59. The Balaban J connectivity index is 0.00000140. The summed E-state index contributed by atoms with van der Waals surface area (Å²) < 4.78 is 0. The van der Waals surface area contributed by atoms with Crippen LogP contribution in [0.25, 0.3) is 0 Å². The molecule has 1 aromatic carbocycles. The van der Waals surface area contributed by atoms with Gasteiger partial charge in [0.2, 0.25) is 5.91 Å². The molecule has 28 heavy (non-hydrogen) atoms. The molecule has 3 aliphatic heterocycles. The molecule has 3 aliphatic rings. The normalized spacial score (nSPS) is 26.2. The molecule has 2 atom stereocenters. The molecular weight excluding hydrogens is 395 g/mol. The fourth-order valence-corrected chi connectivity index (χ4v) is 5.27. The van der Waals surface area contributed by atoms with Gasteiger partial charge in [0, 0.05) is 63.5 Å². The number of para-hydroxylation sites is 1. The molecule has 3 saturated heterocycles. The Morgan fingerprint density at radius 1 is 0.964 bits per heavy atom. The second-order valence-electron chi connectivity index (χ2n) is 8.08. The zero-order valence-electron chi connectivity index (χ0n) is 16.5. The number of anilines is 1. The van der Waals surface area contributed by atoms with Crippen molar-refractivity contribution in [3.8, 4) is 0 Å². The Kier molecular flexibility index (Phi) is 8.87. The van der Waals surface area contributed by atoms with Gasteiger partial charge in [0.15, 0.2) is 0 Å². The predicted octanol–water partition coefficient (Wildman–Crippen LogP) is 2.77. The first-order valence-electron chi connectivity index (χ1n) is 10.3. The number of fused-ring (bicyclic) bond motifs is 1. The molecule has 1 amide bonds. The zero-order chi connectivity index (χ0) is 17.9. The van der Waals surface area contributed by atoms with Crippen molar-refractivity contribution in [3.05, 3.63) is 30.3 Å². The van der Waals surface area contributed by atoms with Crippen LogP contribution < -0.4 is 10.6 Å². The maximum atomic E-state index is 12.2. The van der Waals surface area contributed by atoms with Crippen molar-refractivity contribution in [2.75, 3.05) is 44.2 Å². The van der Waals surface area contributed by atoms with Crippen LogP contribution in [0, 0.1) is 5.92 Å². The number of nitrogens with zero attached hydrogens (tertiary/aromatic N) is 3. The van der Waals surface area contributed by atoms with Crippen molar-refractivity contribution in [1.82, 2.24) is 9.80 Å². The van der Waals surface area contributed by atoms with Gasteiger partial charge in [-0.15, -0.1) is 24.8 Å². The Hall–Kier alpha value is -1.01. The number of carbonyl (C=O) groups excluding carboxylic acids is 1. The molecule has 0 aromatic heterocycles. The Bertz CT molecular complexity index is 610. The third-order valence-corrected chi connectivity index (χ3v) is 6.65. The average molecular weight is 429 g/mol. The van der Waals surface area contributed by atoms with E-state index in [-0.39, 0.29) is 24.8 Å². The highest BCUT2D eigenvalue weighted by atomic mass is 35.5. The van der Waals surface area contributed by atoms with Crippen LogP contribution in [0.4, 0.5) is 5.69 Å². The molecule has 7 heteroatoms. The topological polar surface area (TPSA) is 52.8 Å². The zero-order valence-corrected chi connectivity index (χ0v) is 18.2. The van der Waals surface area contributed by atoms with E-state index >= 15 is 0 Å². The maximum Gasteiger partial charge on any atom is 0.222 e. The molecule has 0 aliphatic carbocycles. The van der Waals surface area contributed by atoms with E-state index < -0.39 is 0 Å². The molecule has 0 saturated carbocycles. The summed E-state index contributed by atoms with van der Waals surface area (Å²) >= 11 is 0. The van der Waals surface area contributed by atoms with Gasteiger partial charge >= 0.3 is 0 Å². The highest BCUT2D eigenvalue weighted by Gasteiger charge is 2.40. The molecule has 158 valence electrons. The van der Waals surface area contributed by atoms with E-state index in [1.54, 1.807) is 0 Å². The summed E-state index contributed by atoms with van der Waals surface area (Å²) in [6, 6.07) is 11.9. The monoisotopic (exact) mass is 428 g/mol. The number of halogens is 2. The van der Waals surface area contributed by atoms with Gasteiger partial charge in [0.05, 0.1) is 0 Å². The number of carbonyl (C=O) groups is 1. The molecule has 0 spiro atoms. The Labute approximate surface area is 181 Å². The first-order valence-corrected chi connectivity index (χ1v) is 10.3. The molecule has 3 heterocycles. The summed E-state index contributed by atoms with van der Waals surface area (Å²) in [5, 5.41) is 0. The molecule has 0 unspecified atom stereocenters. The SMILES string of the molecule is Cl.Cl.NCCN1C(=O)CC[C@H]2CN(C3CCN(c4ccccc4)CC3)CC[C@H]21. The van der Waals surface area contributed by atoms with E-state index in [4.69, 9.17) is 5.73 Å². The fourth-order valence-electron chi connectivity index (χ4n) is 5.27. The molecule has 3 fully saturated rings. The van der Waals surface area contributed by atoms with Crippen LogP contribution in [-0.2, 0) is 4.79 Å². The van der Waals surface area contributed by atoms with Gasteiger partial charge in [0.25, 0.3) is 0 Å². The second-order valence-corrected chi connectivity index (χ2v) is 8.08. The van der Waals surface area contributed by atoms with Crippen LogP contribution in [0.2, 0.25) is 0 Å². The molecular formula is C21H34Cl2N4O. The molecule has 0 bridgehead atoms. The lowest BCUT2D eigenvalue weighted by Gasteiger charge is -2.50. The Morgan fingerprint density at radius 2 is 1.68 bits per heavy atom. The minimum atomic E-state index is 0. The number of hydrogen-bond acceptors (Lipinski definition) is 4. The van der Waals surface area contributed by atoms with E-state index in [1.165, 1.54) is 18.5 Å². The van der Waals surface area contributed by atoms with Crippen LogP contribution in [0.1, 0.15) is 32.1 Å². The van der Waals surface area contributed by atoms with Gasteiger partial charge in [-0.2, -0.15) is 0 Å². The minimum Gasteiger partial charge on any atom is -0.371 e. The summed E-state index contributed by atoms with van der Waals surface area (Å²) in [4.78, 5) is 19.6. The molecule has 1 aromatic rings. The number of hydrogen-bond donors (Lipinski definition) is 1. The molecule has 0 radical (unpaired) electrons. The van der Waals surface area contributed by atoms with E-state index in [0.29, 0.717) is 36.9 Å². The maximum absolute atomic E-state index is 12.2. The molecule has 2 N–H and O–H groups in total. The number of nitrogens with two attached hydrogens (primary N) is 1. The van der Waals surface area contributed by atoms with Gasteiger partial charge in [-0.25, -0.2) is 0 Å². The van der Waals surface area contributed by atoms with Crippen LogP contribution in [0.15, 0.2) is 30.3 Å². The predicted molar refractivity (Wildman–Crippen MR) is 120 cm³/mol. The largest absolute Gasteiger partial charge is 0.371 e. The van der Waals surface area contributed by atoms with Crippen LogP contribution in [-0.4, -0.2) is 67.1 Å². The van der Waals surface area contributed by atoms with Crippen molar-refractivity contribution in [1.29, 1.82) is 0 Å². The average Bonchev–Trinajstić information content (AvgIpc) is 2.71. The van der Waals surface area contributed by atoms with E-state index in [2.05, 4.69) is 45.0 Å². The molecule has 4 rings (SSSR count). The van der Waals surface area contributed by atoms with Crippen LogP contribution in [0.5, 0.6) is 0 Å². The Morgan fingerprint density at radius 3 is 2.36 bits per heavy atom. The summed E-state index contributed by atoms with van der Waals surface area (Å²) in [7, 11) is 0. The van der Waals surface area contributed by atoms with E-state index in [0.717, 1.165) is 45.6 Å². The van der Waals surface area contributed by atoms with Gasteiger partial charge in [0.1, 0.15) is 0 Å². The van der Waals surface area contributed by atoms with Crippen LogP contribution in [0.3, 0.4) is 0 Å². The van der Waals surface area contributed by atoms with Crippen molar-refractivity contribution in [3.63, 3.8) is 0 Å². The van der Waals surface area contributed by atoms with Crippen molar-refractivity contribution < 1.29 is 4.79 Å². The fraction of sp³-hybridized carbons (Fsp3) is 0.667. The quantitative estimate of drug-likeness (QED) is 0.800. The smallest absolute Gasteiger partial charge is 0.222 e. The summed E-state index contributed by atoms with van der Waals surface area (Å²) in [6.45, 7) is 5.90. The third-order valence-electron chi connectivity index (χ3n) is 6.65. The van der Waals surface area contributed by atoms with Gasteiger partial charge in [-0.05, 0) is 43.7 Å². The highest BCUT2D eigenvalue weighted by Crippen LogP contribution is 2.33. The molecule has 5 nitrogen and oxygen atoms in total. The van der Waals surface area contributed by atoms with Gasteiger partial charge in [-0.3, -0.25) is 9.69 Å². The number of piperidine rings is 3. The van der Waals surface area contributed by atoms with Crippen molar-refractivity contribution in [2.24, 2.45) is 11.7 Å². The second kappa shape index (κ2) is 10.7. The first kappa shape index (κ1) is 23.3. The van der Waals surface area contributed by atoms with Crippen molar-refractivity contribution >= 4 is 36.4 Å². The summed E-state index contributed by atoms with van der Waals surface area (Å²) in [5.41, 5.74) is 7.09. The van der Waals surface area contributed by atoms with Crippen molar-refractivity contribution in [2.45, 2.75) is 44.2 Å². The highest BCUT2D eigenvalue weighted by molar-refractivity contribution is 5.85. The standard InChI is InChI=1S/C21H32N4O.2ClH/c22-11-15-25-20-10-14-24(16-17(20)6-7-21(25)26)19-8-12-23(13-9-19)18-4-2-1-3-5-18;;/h1-5,17,19-20H,6-16,22H2;2*1H/t17-,20+;;/m0../s1. The van der Waals surface area contributed by atoms with Gasteiger partial charge < -0.3 is 15.5 Å². The van der Waals surface area contributed by atoms with Crippen LogP contribution >= 0.6 is 24.8 Å². The number of likely N-dealkylation sites (tertiary alicyclic amines) is 2. The summed E-state index contributed by atoms with van der Waals surface area (Å²) in [6.07, 6.45) is 5.39. The lowest BCUT2D eigenvalue weighted by atomic mass is 9.82. The third kappa shape index (κ3) is 4.93. The number of rotatable bonds is 4. The first-order chi connectivity index (χ1) is 12.8. The number of benzene rings is 1.